The summed E-state index contributed by atoms with van der Waals surface area (Å²) in [7, 11) is 0. The Kier molecular flexibility index (Phi) is 2.94. The van der Waals surface area contributed by atoms with Gasteiger partial charge in [0.25, 0.3) is 0 Å². The van der Waals surface area contributed by atoms with Crippen molar-refractivity contribution in [2.75, 3.05) is 0 Å². The van der Waals surface area contributed by atoms with Crippen molar-refractivity contribution in [3.8, 4) is 5.75 Å². The van der Waals surface area contributed by atoms with E-state index in [9.17, 15) is 9.90 Å². The van der Waals surface area contributed by atoms with Gasteiger partial charge in [-0.25, -0.2) is 0 Å². The van der Waals surface area contributed by atoms with Crippen LogP contribution in [-0.4, -0.2) is 10.9 Å². The maximum atomic E-state index is 11.3. The summed E-state index contributed by atoms with van der Waals surface area (Å²) in [5.74, 6) is -0.206. The molecule has 0 heterocycles. The van der Waals surface area contributed by atoms with Gasteiger partial charge in [0, 0.05) is 6.42 Å². The first kappa shape index (κ1) is 10.1. The summed E-state index contributed by atoms with van der Waals surface area (Å²) < 4.78 is 0. The topological polar surface area (TPSA) is 37.3 Å². The first-order valence-corrected chi connectivity index (χ1v) is 4.46. The molecule has 13 heavy (non-hydrogen) atoms. The van der Waals surface area contributed by atoms with E-state index in [1.54, 1.807) is 19.1 Å². The first-order valence-electron chi connectivity index (χ1n) is 4.08. The van der Waals surface area contributed by atoms with Crippen molar-refractivity contribution in [3.05, 3.63) is 28.3 Å². The highest BCUT2D eigenvalue weighted by atomic mass is 35.5. The Morgan fingerprint density at radius 2 is 2.15 bits per heavy atom. The number of carbonyl (C=O) groups is 1. The number of aromatic hydroxyl groups is 1. The smallest absolute Gasteiger partial charge is 0.166 e. The van der Waals surface area contributed by atoms with Crippen molar-refractivity contribution in [2.24, 2.45) is 0 Å². The Morgan fingerprint density at radius 1 is 1.54 bits per heavy atom. The second-order valence-corrected chi connectivity index (χ2v) is 3.33. The fraction of sp³-hybridized carbons (Fsp3) is 0.300. The van der Waals surface area contributed by atoms with E-state index in [4.69, 9.17) is 11.6 Å². The van der Waals surface area contributed by atoms with Crippen molar-refractivity contribution in [2.45, 2.75) is 20.3 Å². The molecule has 3 heteroatoms. The summed E-state index contributed by atoms with van der Waals surface area (Å²) in [6, 6.07) is 3.27. The molecule has 0 aliphatic rings. The zero-order valence-electron chi connectivity index (χ0n) is 7.60. The lowest BCUT2D eigenvalue weighted by atomic mass is 10.1. The SMILES string of the molecule is CCC(=O)c1cc(C)cc(Cl)c1O. The molecule has 0 saturated carbocycles. The lowest BCUT2D eigenvalue weighted by molar-refractivity contribution is 0.0985. The molecule has 1 rings (SSSR count). The van der Waals surface area contributed by atoms with Crippen molar-refractivity contribution < 1.29 is 9.90 Å². The van der Waals surface area contributed by atoms with Crippen LogP contribution >= 0.6 is 11.6 Å². The van der Waals surface area contributed by atoms with Crippen LogP contribution in [0.15, 0.2) is 12.1 Å². The minimum absolute atomic E-state index is 0.0944. The van der Waals surface area contributed by atoms with Gasteiger partial charge in [0.2, 0.25) is 0 Å². The molecule has 0 aliphatic carbocycles. The molecular formula is C10H11ClO2. The Balaban J connectivity index is 3.28. The van der Waals surface area contributed by atoms with Crippen molar-refractivity contribution >= 4 is 17.4 Å². The quantitative estimate of drug-likeness (QED) is 0.742. The minimum atomic E-state index is -0.112. The van der Waals surface area contributed by atoms with E-state index < -0.39 is 0 Å². The Hall–Kier alpha value is -1.02. The van der Waals surface area contributed by atoms with E-state index in [2.05, 4.69) is 0 Å². The number of hydrogen-bond donors (Lipinski definition) is 1. The van der Waals surface area contributed by atoms with Gasteiger partial charge in [-0.15, -0.1) is 0 Å². The van der Waals surface area contributed by atoms with Gasteiger partial charge in [-0.2, -0.15) is 0 Å². The molecule has 0 saturated heterocycles. The second kappa shape index (κ2) is 3.79. The normalized spacial score (nSPS) is 10.1. The van der Waals surface area contributed by atoms with Gasteiger partial charge in [0.1, 0.15) is 5.75 Å². The maximum absolute atomic E-state index is 11.3. The standard InChI is InChI=1S/C10H11ClO2/c1-3-9(12)7-4-6(2)5-8(11)10(7)13/h4-5,13H,3H2,1-2H3. The number of ketones is 1. The number of hydrogen-bond acceptors (Lipinski definition) is 2. The second-order valence-electron chi connectivity index (χ2n) is 2.92. The third-order valence-corrected chi connectivity index (χ3v) is 2.12. The van der Waals surface area contributed by atoms with Crippen LogP contribution in [0.1, 0.15) is 29.3 Å². The van der Waals surface area contributed by atoms with Crippen LogP contribution in [0.3, 0.4) is 0 Å². The minimum Gasteiger partial charge on any atom is -0.506 e. The molecule has 0 unspecified atom stereocenters. The highest BCUT2D eigenvalue weighted by molar-refractivity contribution is 6.32. The monoisotopic (exact) mass is 198 g/mol. The summed E-state index contributed by atoms with van der Waals surface area (Å²) >= 11 is 5.72. The van der Waals surface area contributed by atoms with E-state index in [1.165, 1.54) is 0 Å². The van der Waals surface area contributed by atoms with Crippen LogP contribution in [0.5, 0.6) is 5.75 Å². The molecule has 70 valence electrons. The fourth-order valence-corrected chi connectivity index (χ4v) is 1.41. The zero-order chi connectivity index (χ0) is 10.0. The molecular weight excluding hydrogens is 188 g/mol. The molecule has 1 aromatic carbocycles. The molecule has 0 spiro atoms. The molecule has 0 atom stereocenters. The van der Waals surface area contributed by atoms with Crippen molar-refractivity contribution in [1.82, 2.24) is 0 Å². The predicted octanol–water partition coefficient (Wildman–Crippen LogP) is 2.95. The first-order chi connectivity index (χ1) is 6.06. The summed E-state index contributed by atoms with van der Waals surface area (Å²) in [5.41, 5.74) is 1.19. The third-order valence-electron chi connectivity index (χ3n) is 1.83. The molecule has 0 amide bonds. The van der Waals surface area contributed by atoms with Crippen LogP contribution in [0.25, 0.3) is 0 Å². The summed E-state index contributed by atoms with van der Waals surface area (Å²) in [6.45, 7) is 3.58. The number of aryl methyl sites for hydroxylation is 1. The van der Waals surface area contributed by atoms with E-state index in [-0.39, 0.29) is 16.6 Å². The summed E-state index contributed by atoms with van der Waals surface area (Å²) in [5, 5.41) is 9.70. The number of benzene rings is 1. The van der Waals surface area contributed by atoms with Crippen molar-refractivity contribution in [1.29, 1.82) is 0 Å². The lowest BCUT2D eigenvalue weighted by Gasteiger charge is -2.05. The molecule has 0 aliphatic heterocycles. The van der Waals surface area contributed by atoms with Crippen molar-refractivity contribution in [3.63, 3.8) is 0 Å². The predicted molar refractivity (Wildman–Crippen MR) is 52.5 cm³/mol. The number of halogens is 1. The van der Waals surface area contributed by atoms with Gasteiger partial charge in [-0.3, -0.25) is 4.79 Å². The van der Waals surface area contributed by atoms with Crippen LogP contribution in [0, 0.1) is 6.92 Å². The van der Waals surface area contributed by atoms with Crippen LogP contribution in [-0.2, 0) is 0 Å². The molecule has 1 N–H and O–H groups in total. The van der Waals surface area contributed by atoms with Gasteiger partial charge in [0.05, 0.1) is 10.6 Å². The summed E-state index contributed by atoms with van der Waals surface area (Å²) in [4.78, 5) is 11.3. The third kappa shape index (κ3) is 2.01. The lowest BCUT2D eigenvalue weighted by Crippen LogP contribution is -1.97. The molecule has 2 nitrogen and oxygen atoms in total. The highest BCUT2D eigenvalue weighted by Crippen LogP contribution is 2.29. The number of phenols is 1. The number of rotatable bonds is 2. The number of phenolic OH excluding ortho intramolecular Hbond substituents is 1. The van der Waals surface area contributed by atoms with E-state index in [0.717, 1.165) is 5.56 Å². The Bertz CT molecular complexity index is 345. The molecule has 0 radical (unpaired) electrons. The highest BCUT2D eigenvalue weighted by Gasteiger charge is 2.12. The van der Waals surface area contributed by atoms with Gasteiger partial charge >= 0.3 is 0 Å². The van der Waals surface area contributed by atoms with Gasteiger partial charge in [0.15, 0.2) is 5.78 Å². The van der Waals surface area contributed by atoms with Gasteiger partial charge < -0.3 is 5.11 Å². The Morgan fingerprint density at radius 3 is 2.69 bits per heavy atom. The van der Waals surface area contributed by atoms with E-state index >= 15 is 0 Å². The van der Waals surface area contributed by atoms with Gasteiger partial charge in [-0.1, -0.05) is 18.5 Å². The molecule has 0 bridgehead atoms. The largest absolute Gasteiger partial charge is 0.506 e. The molecule has 0 fully saturated rings. The Labute approximate surface area is 82.2 Å². The summed E-state index contributed by atoms with van der Waals surface area (Å²) in [6.07, 6.45) is 0.368. The van der Waals surface area contributed by atoms with Crippen LogP contribution < -0.4 is 0 Å². The zero-order valence-corrected chi connectivity index (χ0v) is 8.35. The average molecular weight is 199 g/mol. The van der Waals surface area contributed by atoms with Crippen LogP contribution in [0.4, 0.5) is 0 Å². The number of carbonyl (C=O) groups excluding carboxylic acids is 1. The maximum Gasteiger partial charge on any atom is 0.166 e. The van der Waals surface area contributed by atoms with Gasteiger partial charge in [-0.05, 0) is 24.6 Å². The number of Topliss-reactive ketones (excluding diaryl/α,β-unsaturated/α-hetero) is 1. The van der Waals surface area contributed by atoms with E-state index in [0.29, 0.717) is 12.0 Å². The molecule has 0 aromatic heterocycles. The van der Waals surface area contributed by atoms with E-state index in [1.807, 2.05) is 6.92 Å². The molecule has 1 aromatic rings. The fourth-order valence-electron chi connectivity index (χ4n) is 1.14. The van der Waals surface area contributed by atoms with Crippen LogP contribution in [0.2, 0.25) is 5.02 Å². The average Bonchev–Trinajstić information content (AvgIpc) is 2.10.